The van der Waals surface area contributed by atoms with Gasteiger partial charge in [-0.3, -0.25) is 9.59 Å². The van der Waals surface area contributed by atoms with Crippen molar-refractivity contribution in [2.24, 2.45) is 17.3 Å². The second kappa shape index (κ2) is 3.91. The fraction of sp³-hybridized carbons (Fsp3) is 0.667. The topological polar surface area (TPSA) is 43.4 Å². The number of hydrogen-bond acceptors (Lipinski definition) is 4. The lowest BCUT2D eigenvalue weighted by atomic mass is 10.1. The lowest BCUT2D eigenvalue weighted by Crippen LogP contribution is -2.07. The number of thioether (sulfide) groups is 1. The van der Waals surface area contributed by atoms with Gasteiger partial charge in [0.15, 0.2) is 0 Å². The molecule has 1 aliphatic carbocycles. The molecule has 0 spiro atoms. The summed E-state index contributed by atoms with van der Waals surface area (Å²) >= 11 is 1.37. The van der Waals surface area contributed by atoms with E-state index in [1.807, 2.05) is 19.9 Å². The Bertz CT molecular complexity index is 370. The van der Waals surface area contributed by atoms with Gasteiger partial charge in [0, 0.05) is 11.3 Å². The van der Waals surface area contributed by atoms with E-state index in [0.717, 1.165) is 17.7 Å². The van der Waals surface area contributed by atoms with Crippen molar-refractivity contribution in [3.8, 4) is 0 Å². The minimum Gasteiger partial charge on any atom is -0.469 e. The smallest absolute Gasteiger partial charge is 0.309 e. The molecule has 0 radical (unpaired) electrons. The molecule has 0 aromatic rings. The Morgan fingerprint density at radius 2 is 2.25 bits per heavy atom. The molecular weight excluding hydrogens is 224 g/mol. The summed E-state index contributed by atoms with van der Waals surface area (Å²) in [6, 6.07) is 0. The van der Waals surface area contributed by atoms with E-state index in [1.54, 1.807) is 0 Å². The third-order valence-electron chi connectivity index (χ3n) is 3.61. The van der Waals surface area contributed by atoms with Crippen LogP contribution in [0.5, 0.6) is 0 Å². The molecule has 2 atom stereocenters. The maximum atomic E-state index is 11.5. The van der Waals surface area contributed by atoms with Crippen molar-refractivity contribution < 1.29 is 14.3 Å². The highest BCUT2D eigenvalue weighted by atomic mass is 32.2. The number of carbonyl (C=O) groups excluding carboxylic acids is 2. The predicted octanol–water partition coefficient (Wildman–Crippen LogP) is 2.02. The standard InChI is InChI=1S/C12H16O3S/c1-12(2)8(9(12)10(13)15-3)6-7-4-5-16-11(7)14/h6,8-9H,4-5H2,1-3H3. The van der Waals surface area contributed by atoms with Gasteiger partial charge in [-0.05, 0) is 17.8 Å². The van der Waals surface area contributed by atoms with Crippen LogP contribution < -0.4 is 0 Å². The molecule has 1 heterocycles. The number of hydrogen-bond donors (Lipinski definition) is 0. The summed E-state index contributed by atoms with van der Waals surface area (Å²) in [4.78, 5) is 23.0. The van der Waals surface area contributed by atoms with Crippen LogP contribution in [0.3, 0.4) is 0 Å². The van der Waals surface area contributed by atoms with E-state index < -0.39 is 0 Å². The second-order valence-corrected chi connectivity index (χ2v) is 5.99. The highest BCUT2D eigenvalue weighted by Crippen LogP contribution is 2.60. The van der Waals surface area contributed by atoms with Crippen LogP contribution in [0.1, 0.15) is 20.3 Å². The highest BCUT2D eigenvalue weighted by Gasteiger charge is 2.61. The largest absolute Gasteiger partial charge is 0.469 e. The molecule has 0 amide bonds. The first-order valence-corrected chi connectivity index (χ1v) is 6.42. The van der Waals surface area contributed by atoms with Crippen molar-refractivity contribution in [3.63, 3.8) is 0 Å². The van der Waals surface area contributed by atoms with Gasteiger partial charge in [0.25, 0.3) is 0 Å². The SMILES string of the molecule is COC(=O)C1C(C=C2CCSC2=O)C1(C)C. The van der Waals surface area contributed by atoms with Crippen molar-refractivity contribution in [1.29, 1.82) is 0 Å². The zero-order chi connectivity index (χ0) is 11.9. The minimum absolute atomic E-state index is 0.0619. The third kappa shape index (κ3) is 1.79. The summed E-state index contributed by atoms with van der Waals surface area (Å²) < 4.78 is 4.77. The number of esters is 1. The van der Waals surface area contributed by atoms with Crippen LogP contribution >= 0.6 is 11.8 Å². The zero-order valence-electron chi connectivity index (χ0n) is 9.78. The van der Waals surface area contributed by atoms with Gasteiger partial charge in [-0.2, -0.15) is 0 Å². The molecular formula is C12H16O3S. The Morgan fingerprint density at radius 1 is 1.56 bits per heavy atom. The molecule has 1 saturated carbocycles. The van der Waals surface area contributed by atoms with Crippen LogP contribution in [-0.4, -0.2) is 23.9 Å². The van der Waals surface area contributed by atoms with E-state index in [2.05, 4.69) is 0 Å². The van der Waals surface area contributed by atoms with E-state index in [0.29, 0.717) is 0 Å². The fourth-order valence-electron chi connectivity index (χ4n) is 2.38. The maximum absolute atomic E-state index is 11.5. The first kappa shape index (κ1) is 11.7. The average Bonchev–Trinajstić information content (AvgIpc) is 2.57. The second-order valence-electron chi connectivity index (χ2n) is 4.93. The van der Waals surface area contributed by atoms with Crippen LogP contribution in [0, 0.1) is 17.3 Å². The highest BCUT2D eigenvalue weighted by molar-refractivity contribution is 8.14. The number of ether oxygens (including phenoxy) is 1. The Kier molecular flexibility index (Phi) is 2.86. The summed E-state index contributed by atoms with van der Waals surface area (Å²) in [7, 11) is 1.41. The molecule has 3 nitrogen and oxygen atoms in total. The normalized spacial score (nSPS) is 34.2. The van der Waals surface area contributed by atoms with Gasteiger partial charge in [-0.25, -0.2) is 0 Å². The molecule has 2 fully saturated rings. The Hall–Kier alpha value is -0.770. The van der Waals surface area contributed by atoms with E-state index in [1.165, 1.54) is 18.9 Å². The zero-order valence-corrected chi connectivity index (χ0v) is 10.6. The molecule has 2 aliphatic rings. The molecule has 2 rings (SSSR count). The van der Waals surface area contributed by atoms with Gasteiger partial charge in [0.05, 0.1) is 13.0 Å². The van der Waals surface area contributed by atoms with Crippen molar-refractivity contribution in [2.75, 3.05) is 12.9 Å². The van der Waals surface area contributed by atoms with Crippen molar-refractivity contribution in [1.82, 2.24) is 0 Å². The quantitative estimate of drug-likeness (QED) is 0.547. The first-order chi connectivity index (χ1) is 7.48. The summed E-state index contributed by atoms with van der Waals surface area (Å²) in [6.07, 6.45) is 2.83. The van der Waals surface area contributed by atoms with Gasteiger partial charge >= 0.3 is 5.97 Å². The van der Waals surface area contributed by atoms with Crippen LogP contribution in [0.4, 0.5) is 0 Å². The fourth-order valence-corrected chi connectivity index (χ4v) is 3.25. The minimum atomic E-state index is -0.162. The molecule has 1 aliphatic heterocycles. The third-order valence-corrected chi connectivity index (χ3v) is 4.55. The molecule has 88 valence electrons. The van der Waals surface area contributed by atoms with Crippen LogP contribution in [0.25, 0.3) is 0 Å². The average molecular weight is 240 g/mol. The molecule has 0 aromatic carbocycles. The molecule has 4 heteroatoms. The van der Waals surface area contributed by atoms with Gasteiger partial charge in [0.1, 0.15) is 0 Å². The Morgan fingerprint density at radius 3 is 2.75 bits per heavy atom. The lowest BCUT2D eigenvalue weighted by molar-refractivity contribution is -0.143. The van der Waals surface area contributed by atoms with Gasteiger partial charge in [0.2, 0.25) is 5.12 Å². The van der Waals surface area contributed by atoms with Crippen LogP contribution in [0.15, 0.2) is 11.6 Å². The van der Waals surface area contributed by atoms with Gasteiger partial charge < -0.3 is 4.74 Å². The van der Waals surface area contributed by atoms with Gasteiger partial charge in [-0.1, -0.05) is 31.7 Å². The molecule has 0 bridgehead atoms. The molecule has 0 N–H and O–H groups in total. The summed E-state index contributed by atoms with van der Waals surface area (Å²) in [6.45, 7) is 4.09. The monoisotopic (exact) mass is 240 g/mol. The van der Waals surface area contributed by atoms with E-state index in [-0.39, 0.29) is 28.3 Å². The van der Waals surface area contributed by atoms with Crippen molar-refractivity contribution in [3.05, 3.63) is 11.6 Å². The predicted molar refractivity (Wildman–Crippen MR) is 62.9 cm³/mol. The summed E-state index contributed by atoms with van der Waals surface area (Å²) in [5.41, 5.74) is 0.822. The number of allylic oxidation sites excluding steroid dienone is 1. The van der Waals surface area contributed by atoms with E-state index >= 15 is 0 Å². The van der Waals surface area contributed by atoms with Gasteiger partial charge in [-0.15, -0.1) is 0 Å². The maximum Gasteiger partial charge on any atom is 0.309 e. The van der Waals surface area contributed by atoms with Crippen LogP contribution in [0.2, 0.25) is 0 Å². The molecule has 2 unspecified atom stereocenters. The number of methoxy groups -OCH3 is 1. The number of carbonyl (C=O) groups is 2. The summed E-state index contributed by atoms with van der Waals surface area (Å²) in [5, 5.41) is 0.173. The summed E-state index contributed by atoms with van der Waals surface area (Å²) in [5.74, 6) is 0.798. The number of rotatable bonds is 2. The van der Waals surface area contributed by atoms with E-state index in [9.17, 15) is 9.59 Å². The molecule has 16 heavy (non-hydrogen) atoms. The van der Waals surface area contributed by atoms with Crippen molar-refractivity contribution in [2.45, 2.75) is 20.3 Å². The molecule has 0 aromatic heterocycles. The first-order valence-electron chi connectivity index (χ1n) is 5.44. The Balaban J connectivity index is 2.13. The lowest BCUT2D eigenvalue weighted by Gasteiger charge is -1.99. The molecule has 1 saturated heterocycles. The van der Waals surface area contributed by atoms with Crippen LogP contribution in [-0.2, 0) is 14.3 Å². The van der Waals surface area contributed by atoms with Crippen molar-refractivity contribution >= 4 is 22.8 Å². The van der Waals surface area contributed by atoms with E-state index in [4.69, 9.17) is 4.74 Å². The Labute approximate surface area is 99.6 Å².